The summed E-state index contributed by atoms with van der Waals surface area (Å²) in [6.07, 6.45) is 0. The van der Waals surface area contributed by atoms with E-state index in [1.54, 1.807) is 7.05 Å². The molecule has 88 valence electrons. The number of aryl methyl sites for hydroxylation is 1. The van der Waals surface area contributed by atoms with E-state index in [1.165, 1.54) is 16.8 Å². The topological polar surface area (TPSA) is 93.8 Å². The van der Waals surface area contributed by atoms with Gasteiger partial charge in [-0.15, -0.1) is 5.10 Å². The highest BCUT2D eigenvalue weighted by atomic mass is 35.5. The highest BCUT2D eigenvalue weighted by Gasteiger charge is 2.11. The summed E-state index contributed by atoms with van der Waals surface area (Å²) in [4.78, 5) is 14.8. The number of halogens is 1. The fourth-order valence-electron chi connectivity index (χ4n) is 1.05. The monoisotopic (exact) mass is 271 g/mol. The summed E-state index contributed by atoms with van der Waals surface area (Å²) in [5.41, 5.74) is 0.0719. The van der Waals surface area contributed by atoms with Crippen LogP contribution in [0.5, 0.6) is 0 Å². The maximum atomic E-state index is 10.8. The van der Waals surface area contributed by atoms with Crippen LogP contribution in [0.2, 0.25) is 5.15 Å². The maximum Gasteiger partial charge on any atom is 0.335 e. The highest BCUT2D eigenvalue weighted by molar-refractivity contribution is 7.99. The number of nitrogens with zero attached hydrogens (tertiary/aromatic N) is 5. The molecule has 0 saturated carbocycles. The first kappa shape index (κ1) is 11.8. The maximum absolute atomic E-state index is 10.8. The number of rotatable bonds is 3. The van der Waals surface area contributed by atoms with Crippen molar-refractivity contribution in [3.05, 3.63) is 22.8 Å². The lowest BCUT2D eigenvalue weighted by Crippen LogP contribution is -1.98. The van der Waals surface area contributed by atoms with E-state index in [2.05, 4.69) is 20.5 Å². The largest absolute Gasteiger partial charge is 0.478 e. The smallest absolute Gasteiger partial charge is 0.335 e. The van der Waals surface area contributed by atoms with Crippen molar-refractivity contribution in [1.29, 1.82) is 0 Å². The van der Waals surface area contributed by atoms with Gasteiger partial charge in [0.2, 0.25) is 5.16 Å². The average molecular weight is 272 g/mol. The van der Waals surface area contributed by atoms with Gasteiger partial charge in [0.15, 0.2) is 0 Å². The summed E-state index contributed by atoms with van der Waals surface area (Å²) >= 11 is 6.86. The zero-order chi connectivity index (χ0) is 12.4. The first-order valence-corrected chi connectivity index (χ1v) is 5.57. The predicted octanol–water partition coefficient (Wildman–Crippen LogP) is 1.11. The minimum absolute atomic E-state index is 0.0719. The lowest BCUT2D eigenvalue weighted by atomic mass is 10.3. The molecule has 0 unspecified atom stereocenters. The summed E-state index contributed by atoms with van der Waals surface area (Å²) in [5.74, 6) is -1.06. The Labute approximate surface area is 105 Å². The van der Waals surface area contributed by atoms with Crippen molar-refractivity contribution >= 4 is 29.3 Å². The van der Waals surface area contributed by atoms with Gasteiger partial charge in [-0.25, -0.2) is 14.5 Å². The molecule has 2 heterocycles. The van der Waals surface area contributed by atoms with Crippen LogP contribution in [0.15, 0.2) is 22.3 Å². The summed E-state index contributed by atoms with van der Waals surface area (Å²) in [5, 5.41) is 20.8. The Morgan fingerprint density at radius 1 is 1.53 bits per heavy atom. The zero-order valence-electron chi connectivity index (χ0n) is 8.53. The molecule has 0 saturated heterocycles. The van der Waals surface area contributed by atoms with Gasteiger partial charge in [0.05, 0.1) is 5.56 Å². The summed E-state index contributed by atoms with van der Waals surface area (Å²) in [6.45, 7) is 0. The van der Waals surface area contributed by atoms with Crippen molar-refractivity contribution in [2.75, 3.05) is 0 Å². The van der Waals surface area contributed by atoms with E-state index in [4.69, 9.17) is 16.7 Å². The van der Waals surface area contributed by atoms with Crippen molar-refractivity contribution < 1.29 is 9.90 Å². The quantitative estimate of drug-likeness (QED) is 0.836. The SMILES string of the molecule is Cn1nnnc1Sc1cc(C(=O)O)cc(Cl)n1. The summed E-state index contributed by atoms with van der Waals surface area (Å²) in [6, 6.07) is 2.69. The van der Waals surface area contributed by atoms with Gasteiger partial charge in [0.1, 0.15) is 10.2 Å². The first-order valence-electron chi connectivity index (χ1n) is 4.37. The van der Waals surface area contributed by atoms with E-state index in [1.807, 2.05) is 0 Å². The van der Waals surface area contributed by atoms with Crippen molar-refractivity contribution in [3.8, 4) is 0 Å². The number of hydrogen-bond acceptors (Lipinski definition) is 6. The predicted molar refractivity (Wildman–Crippen MR) is 59.1 cm³/mol. The van der Waals surface area contributed by atoms with E-state index in [-0.39, 0.29) is 10.7 Å². The van der Waals surface area contributed by atoms with Crippen molar-refractivity contribution in [1.82, 2.24) is 25.2 Å². The van der Waals surface area contributed by atoms with Crippen LogP contribution in [0.4, 0.5) is 0 Å². The van der Waals surface area contributed by atoms with Crippen LogP contribution < -0.4 is 0 Å². The average Bonchev–Trinajstić information content (AvgIpc) is 2.63. The van der Waals surface area contributed by atoms with Crippen LogP contribution in [0, 0.1) is 0 Å². The van der Waals surface area contributed by atoms with Gasteiger partial charge in [-0.3, -0.25) is 0 Å². The third-order valence-electron chi connectivity index (χ3n) is 1.79. The van der Waals surface area contributed by atoms with Crippen molar-refractivity contribution in [2.24, 2.45) is 7.05 Å². The molecule has 0 aromatic carbocycles. The van der Waals surface area contributed by atoms with Gasteiger partial charge < -0.3 is 5.11 Å². The van der Waals surface area contributed by atoms with Crippen LogP contribution in [0.1, 0.15) is 10.4 Å². The normalized spacial score (nSPS) is 10.5. The standard InChI is InChI=1S/C8H6ClN5O2S/c1-14-8(11-12-13-14)17-6-3-4(7(15)16)2-5(9)10-6/h2-3H,1H3,(H,15,16). The molecule has 0 bridgehead atoms. The zero-order valence-corrected chi connectivity index (χ0v) is 10.1. The number of pyridine rings is 1. The van der Waals surface area contributed by atoms with Crippen molar-refractivity contribution in [3.63, 3.8) is 0 Å². The Bertz CT molecular complexity index is 573. The molecule has 2 aromatic rings. The second kappa shape index (κ2) is 4.68. The highest BCUT2D eigenvalue weighted by Crippen LogP contribution is 2.25. The minimum atomic E-state index is -1.06. The molecule has 1 N–H and O–H groups in total. The van der Waals surface area contributed by atoms with Crippen LogP contribution in [0.3, 0.4) is 0 Å². The lowest BCUT2D eigenvalue weighted by molar-refractivity contribution is 0.0696. The number of aromatic carboxylic acids is 1. The molecule has 0 aliphatic carbocycles. The van der Waals surface area contributed by atoms with Gasteiger partial charge >= 0.3 is 5.97 Å². The molecule has 0 spiro atoms. The molecule has 2 rings (SSSR count). The first-order chi connectivity index (χ1) is 8.06. The Balaban J connectivity index is 2.33. The van der Waals surface area contributed by atoms with Crippen LogP contribution in [-0.2, 0) is 7.05 Å². The Morgan fingerprint density at radius 2 is 2.29 bits per heavy atom. The molecule has 7 nitrogen and oxygen atoms in total. The minimum Gasteiger partial charge on any atom is -0.478 e. The molecule has 9 heteroatoms. The van der Waals surface area contributed by atoms with E-state index in [0.29, 0.717) is 10.2 Å². The van der Waals surface area contributed by atoms with Gasteiger partial charge in [-0.05, 0) is 34.3 Å². The second-order valence-corrected chi connectivity index (χ2v) is 4.38. The van der Waals surface area contributed by atoms with Gasteiger partial charge in [-0.1, -0.05) is 11.6 Å². The van der Waals surface area contributed by atoms with Crippen LogP contribution in [-0.4, -0.2) is 36.3 Å². The third kappa shape index (κ3) is 2.71. The molecule has 0 aliphatic rings. The van der Waals surface area contributed by atoms with Gasteiger partial charge in [0, 0.05) is 7.05 Å². The molecule has 0 aliphatic heterocycles. The van der Waals surface area contributed by atoms with Crippen LogP contribution >= 0.6 is 23.4 Å². The van der Waals surface area contributed by atoms with E-state index >= 15 is 0 Å². The van der Waals surface area contributed by atoms with Gasteiger partial charge in [-0.2, -0.15) is 0 Å². The van der Waals surface area contributed by atoms with E-state index in [9.17, 15) is 4.79 Å². The fraction of sp³-hybridized carbons (Fsp3) is 0.125. The number of carboxylic acids is 1. The van der Waals surface area contributed by atoms with Gasteiger partial charge in [0.25, 0.3) is 0 Å². The van der Waals surface area contributed by atoms with E-state index < -0.39 is 5.97 Å². The Hall–Kier alpha value is -1.67. The molecule has 2 aromatic heterocycles. The van der Waals surface area contributed by atoms with Crippen LogP contribution in [0.25, 0.3) is 0 Å². The third-order valence-corrected chi connectivity index (χ3v) is 2.94. The lowest BCUT2D eigenvalue weighted by Gasteiger charge is -2.01. The Kier molecular flexibility index (Phi) is 3.25. The summed E-state index contributed by atoms with van der Waals surface area (Å²) in [7, 11) is 1.67. The number of aromatic nitrogens is 5. The molecule has 0 atom stereocenters. The summed E-state index contributed by atoms with van der Waals surface area (Å²) < 4.78 is 1.45. The number of carboxylic acid groups (broad SMARTS) is 1. The van der Waals surface area contributed by atoms with E-state index in [0.717, 1.165) is 11.8 Å². The number of tetrazole rings is 1. The number of carbonyl (C=O) groups is 1. The molecule has 0 amide bonds. The molecule has 0 fully saturated rings. The van der Waals surface area contributed by atoms with Crippen molar-refractivity contribution in [2.45, 2.75) is 10.2 Å². The molecular weight excluding hydrogens is 266 g/mol. The molecule has 17 heavy (non-hydrogen) atoms. The number of hydrogen-bond donors (Lipinski definition) is 1. The Morgan fingerprint density at radius 3 is 2.88 bits per heavy atom. The molecular formula is C8H6ClN5O2S. The second-order valence-electron chi connectivity index (χ2n) is 3.01. The fourth-order valence-corrected chi connectivity index (χ4v) is 2.07. The molecule has 0 radical (unpaired) electrons.